The van der Waals surface area contributed by atoms with Gasteiger partial charge in [-0.15, -0.1) is 0 Å². The van der Waals surface area contributed by atoms with Gasteiger partial charge < -0.3 is 15.4 Å². The summed E-state index contributed by atoms with van der Waals surface area (Å²) in [5.74, 6) is 0.506. The molecule has 2 N–H and O–H groups in total. The highest BCUT2D eigenvalue weighted by Gasteiger charge is 2.29. The van der Waals surface area contributed by atoms with Gasteiger partial charge in [0.05, 0.1) is 5.60 Å². The SMILES string of the molecule is Cc1cc(C)nc(Nc2ccc(C(=O)N[C@H]3CCOC(C)(C)C3)cc2)n1. The summed E-state index contributed by atoms with van der Waals surface area (Å²) in [5.41, 5.74) is 3.13. The lowest BCUT2D eigenvalue weighted by Gasteiger charge is -2.35. The number of ether oxygens (including phenoxy) is 1. The third kappa shape index (κ3) is 4.79. The summed E-state index contributed by atoms with van der Waals surface area (Å²) < 4.78 is 5.70. The largest absolute Gasteiger partial charge is 0.375 e. The lowest BCUT2D eigenvalue weighted by Crippen LogP contribution is -2.45. The van der Waals surface area contributed by atoms with E-state index in [4.69, 9.17) is 4.74 Å². The Morgan fingerprint density at radius 1 is 1.15 bits per heavy atom. The summed E-state index contributed by atoms with van der Waals surface area (Å²) in [7, 11) is 0. The molecule has 1 fully saturated rings. The molecule has 2 aromatic rings. The number of benzene rings is 1. The van der Waals surface area contributed by atoms with Crippen molar-refractivity contribution >= 4 is 17.5 Å². The molecule has 1 saturated heterocycles. The Labute approximate surface area is 154 Å². The third-order valence-corrected chi connectivity index (χ3v) is 4.42. The van der Waals surface area contributed by atoms with Crippen molar-refractivity contribution in [3.63, 3.8) is 0 Å². The molecule has 26 heavy (non-hydrogen) atoms. The maximum absolute atomic E-state index is 12.5. The molecule has 2 heterocycles. The predicted molar refractivity (Wildman–Crippen MR) is 102 cm³/mol. The Balaban J connectivity index is 1.62. The molecule has 1 aliphatic rings. The van der Waals surface area contributed by atoms with Crippen LogP contribution in [0.15, 0.2) is 30.3 Å². The zero-order valence-electron chi connectivity index (χ0n) is 15.8. The summed E-state index contributed by atoms with van der Waals surface area (Å²) in [6, 6.07) is 9.42. The molecule has 0 bridgehead atoms. The van der Waals surface area contributed by atoms with Gasteiger partial charge in [0.15, 0.2) is 0 Å². The van der Waals surface area contributed by atoms with Crippen molar-refractivity contribution in [3.05, 3.63) is 47.3 Å². The van der Waals surface area contributed by atoms with Crippen LogP contribution < -0.4 is 10.6 Å². The number of carbonyl (C=O) groups is 1. The molecule has 1 aliphatic heterocycles. The maximum Gasteiger partial charge on any atom is 0.251 e. The Morgan fingerprint density at radius 2 is 1.81 bits per heavy atom. The van der Waals surface area contributed by atoms with Crippen molar-refractivity contribution in [1.82, 2.24) is 15.3 Å². The van der Waals surface area contributed by atoms with E-state index in [2.05, 4.69) is 34.4 Å². The van der Waals surface area contributed by atoms with E-state index in [1.54, 1.807) is 0 Å². The van der Waals surface area contributed by atoms with Crippen molar-refractivity contribution < 1.29 is 9.53 Å². The van der Waals surface area contributed by atoms with Gasteiger partial charge in [0.25, 0.3) is 5.91 Å². The number of anilines is 2. The van der Waals surface area contributed by atoms with Crippen molar-refractivity contribution in [1.29, 1.82) is 0 Å². The highest BCUT2D eigenvalue weighted by molar-refractivity contribution is 5.94. The number of hydrogen-bond acceptors (Lipinski definition) is 5. The standard InChI is InChI=1S/C20H26N4O2/c1-13-11-14(2)22-19(21-13)24-16-7-5-15(6-8-16)18(25)23-17-9-10-26-20(3,4)12-17/h5-8,11,17H,9-10,12H2,1-4H3,(H,23,25)(H,21,22,24)/t17-/m0/s1. The molecule has 0 unspecified atom stereocenters. The second kappa shape index (κ2) is 7.41. The van der Waals surface area contributed by atoms with Gasteiger partial charge in [-0.1, -0.05) is 0 Å². The molecule has 1 amide bonds. The molecule has 1 aromatic heterocycles. The van der Waals surface area contributed by atoms with Gasteiger partial charge in [-0.3, -0.25) is 4.79 Å². The van der Waals surface area contributed by atoms with Crippen molar-refractivity contribution in [3.8, 4) is 0 Å². The summed E-state index contributed by atoms with van der Waals surface area (Å²) in [5, 5.41) is 6.28. The molecule has 6 nitrogen and oxygen atoms in total. The van der Waals surface area contributed by atoms with Gasteiger partial charge in [0, 0.05) is 35.3 Å². The highest BCUT2D eigenvalue weighted by atomic mass is 16.5. The number of nitrogens with one attached hydrogen (secondary N) is 2. The van der Waals surface area contributed by atoms with Crippen LogP contribution in [0, 0.1) is 13.8 Å². The van der Waals surface area contributed by atoms with Crippen LogP contribution in [0.5, 0.6) is 0 Å². The molecule has 0 saturated carbocycles. The molecule has 1 atom stereocenters. The fourth-order valence-corrected chi connectivity index (χ4v) is 3.24. The first-order valence-corrected chi connectivity index (χ1v) is 8.95. The van der Waals surface area contributed by atoms with E-state index in [1.165, 1.54) is 0 Å². The first-order valence-electron chi connectivity index (χ1n) is 8.95. The summed E-state index contributed by atoms with van der Waals surface area (Å²) >= 11 is 0. The number of amides is 1. The van der Waals surface area contributed by atoms with Crippen LogP contribution in [0.25, 0.3) is 0 Å². The summed E-state index contributed by atoms with van der Waals surface area (Å²) in [6.45, 7) is 8.66. The minimum atomic E-state index is -0.185. The van der Waals surface area contributed by atoms with E-state index >= 15 is 0 Å². The van der Waals surface area contributed by atoms with E-state index in [0.717, 1.165) is 29.9 Å². The lowest BCUT2D eigenvalue weighted by atomic mass is 9.94. The zero-order chi connectivity index (χ0) is 18.7. The topological polar surface area (TPSA) is 76.1 Å². The average molecular weight is 354 g/mol. The normalized spacial score (nSPS) is 19.0. The molecule has 0 radical (unpaired) electrons. The minimum absolute atomic E-state index is 0.0538. The van der Waals surface area contributed by atoms with Gasteiger partial charge in [-0.2, -0.15) is 0 Å². The van der Waals surface area contributed by atoms with Crippen LogP contribution in [0.1, 0.15) is 48.4 Å². The monoisotopic (exact) mass is 354 g/mol. The molecule has 6 heteroatoms. The van der Waals surface area contributed by atoms with Crippen LogP contribution in [0.2, 0.25) is 0 Å². The number of carbonyl (C=O) groups excluding carboxylic acids is 1. The first kappa shape index (κ1) is 18.3. The molecule has 3 rings (SSSR count). The van der Waals surface area contributed by atoms with Gasteiger partial charge in [0.1, 0.15) is 0 Å². The van der Waals surface area contributed by atoms with E-state index in [0.29, 0.717) is 18.1 Å². The van der Waals surface area contributed by atoms with Crippen LogP contribution in [-0.2, 0) is 4.74 Å². The van der Waals surface area contributed by atoms with Crippen LogP contribution in [0.3, 0.4) is 0 Å². The fraction of sp³-hybridized carbons (Fsp3) is 0.450. The lowest BCUT2D eigenvalue weighted by molar-refractivity contribution is -0.0615. The van der Waals surface area contributed by atoms with E-state index in [-0.39, 0.29) is 17.6 Å². The summed E-state index contributed by atoms with van der Waals surface area (Å²) in [6.07, 6.45) is 1.67. The number of aryl methyl sites for hydroxylation is 2. The minimum Gasteiger partial charge on any atom is -0.375 e. The smallest absolute Gasteiger partial charge is 0.251 e. The summed E-state index contributed by atoms with van der Waals surface area (Å²) in [4.78, 5) is 21.2. The third-order valence-electron chi connectivity index (χ3n) is 4.42. The van der Waals surface area contributed by atoms with E-state index < -0.39 is 0 Å². The van der Waals surface area contributed by atoms with Gasteiger partial charge in [0.2, 0.25) is 5.95 Å². The average Bonchev–Trinajstić information content (AvgIpc) is 2.53. The Hall–Kier alpha value is -2.47. The molecular formula is C20H26N4O2. The molecule has 0 spiro atoms. The van der Waals surface area contributed by atoms with Gasteiger partial charge >= 0.3 is 0 Å². The molecule has 1 aromatic carbocycles. The zero-order valence-corrected chi connectivity index (χ0v) is 15.8. The van der Waals surface area contributed by atoms with Crippen LogP contribution in [0.4, 0.5) is 11.6 Å². The van der Waals surface area contributed by atoms with Crippen molar-refractivity contribution in [2.45, 2.75) is 52.2 Å². The Kier molecular flexibility index (Phi) is 5.23. The van der Waals surface area contributed by atoms with Crippen molar-refractivity contribution in [2.24, 2.45) is 0 Å². The second-order valence-corrected chi connectivity index (χ2v) is 7.45. The van der Waals surface area contributed by atoms with Gasteiger partial charge in [-0.25, -0.2) is 9.97 Å². The number of nitrogens with zero attached hydrogens (tertiary/aromatic N) is 2. The maximum atomic E-state index is 12.5. The van der Waals surface area contributed by atoms with E-state index in [1.807, 2.05) is 44.2 Å². The first-order chi connectivity index (χ1) is 12.3. The number of rotatable bonds is 4. The number of aromatic nitrogens is 2. The molecule has 0 aliphatic carbocycles. The quantitative estimate of drug-likeness (QED) is 0.878. The second-order valence-electron chi connectivity index (χ2n) is 7.45. The predicted octanol–water partition coefficient (Wildman–Crippen LogP) is 3.52. The number of hydrogen-bond donors (Lipinski definition) is 2. The molecule has 138 valence electrons. The Morgan fingerprint density at radius 3 is 2.42 bits per heavy atom. The van der Waals surface area contributed by atoms with Crippen LogP contribution in [-0.4, -0.2) is 34.1 Å². The van der Waals surface area contributed by atoms with Crippen molar-refractivity contribution in [2.75, 3.05) is 11.9 Å². The fourth-order valence-electron chi connectivity index (χ4n) is 3.24. The van der Waals surface area contributed by atoms with Gasteiger partial charge in [-0.05, 0) is 70.9 Å². The highest BCUT2D eigenvalue weighted by Crippen LogP contribution is 2.24. The van der Waals surface area contributed by atoms with E-state index in [9.17, 15) is 4.79 Å². The Bertz CT molecular complexity index is 767. The van der Waals surface area contributed by atoms with Crippen LogP contribution >= 0.6 is 0 Å². The molecular weight excluding hydrogens is 328 g/mol.